The molecule has 4 saturated heterocycles. The van der Waals surface area contributed by atoms with Crippen molar-refractivity contribution in [2.45, 2.75) is 93.5 Å². The number of anilines is 1. The fourth-order valence-corrected chi connectivity index (χ4v) is 11.4. The molecule has 1 saturated carbocycles. The summed E-state index contributed by atoms with van der Waals surface area (Å²) in [4.78, 5) is 41.5. The molecule has 10 rings (SSSR count). The average molecular weight is 890 g/mol. The lowest BCUT2D eigenvalue weighted by Crippen LogP contribution is -2.56. The molecule has 1 spiro atoms. The fraction of sp³-hybridized carbons (Fsp3) is 0.500. The standard InChI is InChI=1S/C48H59N9O6S/c1-31(2)39-6-3-4-7-40(39)42-8-5-15-56(42)34-23-48(24-34)12-16-54(17-13-48)33-21-44(63-36-20-32-11-14-49-46(32)52-26-36)45(51-25-33)47(58)53-64-38-9-10-41(43(22-38)57(59)60)50-27-37-28-55(18-19-62-37)35-29-61-30-35/h3-4,6-7,9-11,14,20-22,25-26,31,34-35,37,42,45,50-51H,5,8,12-13,15-19,23-24,27-30H2,1-2H3,(H,49,52)(H,53,58). The van der Waals surface area contributed by atoms with Gasteiger partial charge in [0, 0.05) is 79.6 Å². The number of aromatic nitrogens is 2. The first kappa shape index (κ1) is 42.8. The number of fused-ring (bicyclic) bond motifs is 1. The molecule has 4 N–H and O–H groups in total. The van der Waals surface area contributed by atoms with Crippen molar-refractivity contribution in [3.63, 3.8) is 0 Å². The number of amides is 1. The highest BCUT2D eigenvalue weighted by atomic mass is 32.2. The highest BCUT2D eigenvalue weighted by Crippen LogP contribution is 2.54. The van der Waals surface area contributed by atoms with Crippen LogP contribution in [0.1, 0.15) is 75.5 Å². The molecule has 3 unspecified atom stereocenters. The molecule has 15 nitrogen and oxygen atoms in total. The third-order valence-electron chi connectivity index (χ3n) is 14.4. The maximum absolute atomic E-state index is 14.0. The molecule has 6 aliphatic rings. The van der Waals surface area contributed by atoms with Crippen LogP contribution in [0.3, 0.4) is 0 Å². The zero-order chi connectivity index (χ0) is 43.8. The number of hydrogen-bond acceptors (Lipinski definition) is 13. The Hall–Kier alpha value is -5.13. The summed E-state index contributed by atoms with van der Waals surface area (Å²) in [7, 11) is 0. The van der Waals surface area contributed by atoms with E-state index in [1.165, 1.54) is 49.4 Å². The lowest BCUT2D eigenvalue weighted by molar-refractivity contribution is -0.384. The number of hydrogen-bond donors (Lipinski definition) is 4. The third-order valence-corrected chi connectivity index (χ3v) is 15.2. The molecule has 338 valence electrons. The molecular formula is C48H59N9O6S. The van der Waals surface area contributed by atoms with Gasteiger partial charge in [-0.3, -0.25) is 29.4 Å². The minimum absolute atomic E-state index is 0.0763. The molecule has 1 aliphatic carbocycles. The molecule has 2 aromatic carbocycles. The molecule has 3 atom stereocenters. The number of nitrogens with zero attached hydrogens (tertiary/aromatic N) is 5. The first-order valence-corrected chi connectivity index (χ1v) is 23.8. The number of carbonyl (C=O) groups excluding carboxylic acids is 1. The Balaban J connectivity index is 0.778. The Labute approximate surface area is 378 Å². The van der Waals surface area contributed by atoms with Crippen LogP contribution in [0.5, 0.6) is 5.75 Å². The number of aromatic amines is 1. The van der Waals surface area contributed by atoms with Crippen molar-refractivity contribution < 1.29 is 23.9 Å². The lowest BCUT2D eigenvalue weighted by Gasteiger charge is -2.56. The van der Waals surface area contributed by atoms with Crippen LogP contribution in [0.25, 0.3) is 11.0 Å². The van der Waals surface area contributed by atoms with Gasteiger partial charge >= 0.3 is 0 Å². The second-order valence-electron chi connectivity index (χ2n) is 18.7. The molecule has 5 fully saturated rings. The van der Waals surface area contributed by atoms with Crippen molar-refractivity contribution in [1.29, 1.82) is 0 Å². The monoisotopic (exact) mass is 889 g/mol. The lowest BCUT2D eigenvalue weighted by atomic mass is 9.59. The van der Waals surface area contributed by atoms with E-state index in [9.17, 15) is 14.9 Å². The number of allylic oxidation sites excluding steroid dienone is 1. The number of H-pyrrole nitrogens is 1. The summed E-state index contributed by atoms with van der Waals surface area (Å²) in [5.41, 5.74) is 5.43. The van der Waals surface area contributed by atoms with E-state index in [1.54, 1.807) is 18.3 Å². The Kier molecular flexibility index (Phi) is 12.3. The van der Waals surface area contributed by atoms with Gasteiger partial charge in [0.15, 0.2) is 6.04 Å². The molecule has 0 radical (unpaired) electrons. The van der Waals surface area contributed by atoms with Crippen molar-refractivity contribution in [3.05, 3.63) is 112 Å². The van der Waals surface area contributed by atoms with Crippen LogP contribution in [-0.4, -0.2) is 119 Å². The molecule has 16 heteroatoms. The quantitative estimate of drug-likeness (QED) is 0.0578. The van der Waals surface area contributed by atoms with Gasteiger partial charge in [-0.2, -0.15) is 0 Å². The summed E-state index contributed by atoms with van der Waals surface area (Å²) in [5.74, 6) is 1.13. The number of nitro benzene ring substituents is 1. The van der Waals surface area contributed by atoms with Gasteiger partial charge in [0.05, 0.1) is 48.8 Å². The zero-order valence-electron chi connectivity index (χ0n) is 36.7. The van der Waals surface area contributed by atoms with Gasteiger partial charge in [-0.05, 0) is 104 Å². The van der Waals surface area contributed by atoms with Crippen LogP contribution in [0.4, 0.5) is 11.4 Å². The minimum Gasteiger partial charge on any atom is -0.457 e. The molecule has 1 amide bonds. The summed E-state index contributed by atoms with van der Waals surface area (Å²) in [6.07, 6.45) is 14.5. The normalized spacial score (nSPS) is 24.2. The van der Waals surface area contributed by atoms with Crippen LogP contribution in [0.2, 0.25) is 0 Å². The summed E-state index contributed by atoms with van der Waals surface area (Å²) >= 11 is 1.03. The molecule has 7 heterocycles. The molecule has 0 bridgehead atoms. The minimum atomic E-state index is -0.853. The largest absolute Gasteiger partial charge is 0.457 e. The Bertz CT molecular complexity index is 2400. The van der Waals surface area contributed by atoms with Gasteiger partial charge in [-0.15, -0.1) is 0 Å². The van der Waals surface area contributed by atoms with E-state index in [1.807, 2.05) is 30.6 Å². The second kappa shape index (κ2) is 18.4. The van der Waals surface area contributed by atoms with Crippen molar-refractivity contribution in [1.82, 2.24) is 34.7 Å². The highest BCUT2D eigenvalue weighted by Gasteiger charge is 2.50. The number of benzene rings is 2. The van der Waals surface area contributed by atoms with Crippen molar-refractivity contribution in [2.75, 3.05) is 64.4 Å². The van der Waals surface area contributed by atoms with Crippen LogP contribution < -0.4 is 20.1 Å². The number of pyridine rings is 1. The van der Waals surface area contributed by atoms with E-state index in [2.05, 4.69) is 78.1 Å². The number of nitro groups is 1. The second-order valence-corrected chi connectivity index (χ2v) is 19.6. The number of ether oxygens (including phenoxy) is 3. The molecule has 4 aromatic rings. The summed E-state index contributed by atoms with van der Waals surface area (Å²) in [5, 5.41) is 19.7. The maximum atomic E-state index is 14.0. The predicted octanol–water partition coefficient (Wildman–Crippen LogP) is 7.09. The van der Waals surface area contributed by atoms with Crippen LogP contribution >= 0.6 is 11.9 Å². The van der Waals surface area contributed by atoms with E-state index in [4.69, 9.17) is 14.2 Å². The van der Waals surface area contributed by atoms with Gasteiger partial charge in [-0.25, -0.2) is 4.98 Å². The van der Waals surface area contributed by atoms with E-state index >= 15 is 0 Å². The number of carbonyl (C=O) groups is 1. The van der Waals surface area contributed by atoms with Gasteiger partial charge in [0.25, 0.3) is 11.6 Å². The summed E-state index contributed by atoms with van der Waals surface area (Å²) in [6, 6.07) is 18.6. The van der Waals surface area contributed by atoms with Crippen molar-refractivity contribution in [2.24, 2.45) is 5.41 Å². The average Bonchev–Trinajstić information content (AvgIpc) is 3.97. The Morgan fingerprint density at radius 1 is 1.08 bits per heavy atom. The predicted molar refractivity (Wildman–Crippen MR) is 247 cm³/mol. The van der Waals surface area contributed by atoms with Gasteiger partial charge in [0.2, 0.25) is 0 Å². The number of dihydropyridines is 1. The molecule has 64 heavy (non-hydrogen) atoms. The highest BCUT2D eigenvalue weighted by molar-refractivity contribution is 7.98. The number of rotatable bonds is 14. The zero-order valence-corrected chi connectivity index (χ0v) is 37.5. The third kappa shape index (κ3) is 8.95. The first-order chi connectivity index (χ1) is 31.2. The van der Waals surface area contributed by atoms with Crippen LogP contribution in [-0.2, 0) is 14.3 Å². The molecular weight excluding hydrogens is 831 g/mol. The molecule has 5 aliphatic heterocycles. The van der Waals surface area contributed by atoms with Crippen LogP contribution in [0, 0.1) is 15.5 Å². The van der Waals surface area contributed by atoms with Crippen molar-refractivity contribution in [3.8, 4) is 5.75 Å². The maximum Gasteiger partial charge on any atom is 0.293 e. The van der Waals surface area contributed by atoms with E-state index in [-0.39, 0.29) is 17.7 Å². The van der Waals surface area contributed by atoms with Gasteiger partial charge in [-0.1, -0.05) is 38.1 Å². The Morgan fingerprint density at radius 3 is 2.72 bits per heavy atom. The van der Waals surface area contributed by atoms with Crippen LogP contribution in [0.15, 0.2) is 95.6 Å². The Morgan fingerprint density at radius 2 is 1.92 bits per heavy atom. The number of morpholine rings is 1. The smallest absolute Gasteiger partial charge is 0.293 e. The fourth-order valence-electron chi connectivity index (χ4n) is 10.7. The first-order valence-electron chi connectivity index (χ1n) is 23.0. The number of piperidine rings is 1. The van der Waals surface area contributed by atoms with Gasteiger partial charge in [0.1, 0.15) is 22.8 Å². The van der Waals surface area contributed by atoms with Crippen molar-refractivity contribution >= 4 is 40.3 Å². The summed E-state index contributed by atoms with van der Waals surface area (Å²) < 4.78 is 20.7. The topological polar surface area (TPSA) is 162 Å². The van der Waals surface area contributed by atoms with Gasteiger partial charge < -0.3 is 34.7 Å². The van der Waals surface area contributed by atoms with E-state index in [0.717, 1.165) is 80.9 Å². The number of nitrogens with one attached hydrogen (secondary N) is 4. The molecule has 2 aromatic heterocycles. The summed E-state index contributed by atoms with van der Waals surface area (Å²) in [6.45, 7) is 11.8. The van der Waals surface area contributed by atoms with E-state index in [0.29, 0.717) is 64.7 Å². The SMILES string of the molecule is CC(C)c1ccccc1C1CCCN1C1CC2(CCN(C3=CNC(C(=O)NSc4ccc(NCC5CN(C6COC6)CCO5)c([N+](=O)[O-])c4)C(Oc4cnc5[nH]ccc5c4)=C3)CC2)C1. The van der Waals surface area contributed by atoms with E-state index < -0.39 is 11.0 Å². The number of likely N-dealkylation sites (tertiary alicyclic amines) is 2.